The largest absolute Gasteiger partial charge is 0.481 e. The number of aromatic nitrogens is 1. The molecule has 0 atom stereocenters. The van der Waals surface area contributed by atoms with Gasteiger partial charge in [-0.25, -0.2) is 9.53 Å². The van der Waals surface area contributed by atoms with Crippen LogP contribution in [-0.2, 0) is 17.8 Å². The second-order valence-corrected chi connectivity index (χ2v) is 3.78. The van der Waals surface area contributed by atoms with Gasteiger partial charge >= 0.3 is 11.6 Å². The fraction of sp³-hybridized carbons (Fsp3) is 0.333. The van der Waals surface area contributed by atoms with Crippen molar-refractivity contribution < 1.29 is 14.4 Å². The molecule has 1 aromatic heterocycles. The molecule has 0 aliphatic heterocycles. The quantitative estimate of drug-likeness (QED) is 0.874. The highest BCUT2D eigenvalue weighted by Crippen LogP contribution is 2.18. The maximum absolute atomic E-state index is 11.5. The number of hydrogen-bond donors (Lipinski definition) is 1. The van der Waals surface area contributed by atoms with Gasteiger partial charge in [-0.2, -0.15) is 0 Å². The molecule has 0 radical (unpaired) electrons. The summed E-state index contributed by atoms with van der Waals surface area (Å²) in [7, 11) is 0. The van der Waals surface area contributed by atoms with E-state index in [9.17, 15) is 9.59 Å². The van der Waals surface area contributed by atoms with Crippen LogP contribution in [0.5, 0.6) is 0 Å². The Kier molecular flexibility index (Phi) is 2.99. The molecule has 0 saturated heterocycles. The Morgan fingerprint density at radius 1 is 1.47 bits per heavy atom. The van der Waals surface area contributed by atoms with Crippen molar-refractivity contribution in [3.8, 4) is 0 Å². The molecular weight excluding hydrogens is 222 g/mol. The van der Waals surface area contributed by atoms with Crippen LogP contribution in [-0.4, -0.2) is 15.8 Å². The highest BCUT2D eigenvalue weighted by molar-refractivity contribution is 5.81. The van der Waals surface area contributed by atoms with Gasteiger partial charge in [0, 0.05) is 6.42 Å². The summed E-state index contributed by atoms with van der Waals surface area (Å²) in [4.78, 5) is 22.1. The fourth-order valence-corrected chi connectivity index (χ4v) is 1.91. The van der Waals surface area contributed by atoms with Gasteiger partial charge in [0.1, 0.15) is 0 Å². The number of hydrogen-bond acceptors (Lipinski definition) is 3. The van der Waals surface area contributed by atoms with E-state index in [0.29, 0.717) is 23.9 Å². The van der Waals surface area contributed by atoms with E-state index in [1.54, 1.807) is 12.1 Å². The van der Waals surface area contributed by atoms with E-state index in [4.69, 9.17) is 9.63 Å². The van der Waals surface area contributed by atoms with Crippen LogP contribution in [0.3, 0.4) is 0 Å². The molecule has 0 bridgehead atoms. The van der Waals surface area contributed by atoms with Crippen molar-refractivity contribution in [1.82, 2.24) is 4.74 Å². The van der Waals surface area contributed by atoms with Gasteiger partial charge in [0.2, 0.25) is 0 Å². The molecule has 0 aliphatic rings. The number of fused-ring (bicyclic) bond motifs is 1. The van der Waals surface area contributed by atoms with E-state index in [-0.39, 0.29) is 12.0 Å². The van der Waals surface area contributed by atoms with Gasteiger partial charge in [-0.3, -0.25) is 4.79 Å². The molecule has 0 spiro atoms. The molecule has 0 saturated carbocycles. The first kappa shape index (κ1) is 11.4. The van der Waals surface area contributed by atoms with Crippen LogP contribution in [0.15, 0.2) is 27.5 Å². The van der Waals surface area contributed by atoms with Crippen molar-refractivity contribution in [3.63, 3.8) is 0 Å². The zero-order valence-electron chi connectivity index (χ0n) is 9.47. The summed E-state index contributed by atoms with van der Waals surface area (Å²) >= 11 is 0. The number of rotatable bonds is 4. The molecule has 0 aliphatic carbocycles. The predicted octanol–water partition coefficient (Wildman–Crippen LogP) is 1.63. The maximum Gasteiger partial charge on any atom is 0.365 e. The molecule has 1 N–H and O–H groups in total. The first-order valence-electron chi connectivity index (χ1n) is 5.47. The number of carboxylic acid groups (broad SMARTS) is 1. The Hall–Kier alpha value is -2.04. The van der Waals surface area contributed by atoms with Gasteiger partial charge in [-0.15, -0.1) is 0 Å². The predicted molar refractivity (Wildman–Crippen MR) is 62.1 cm³/mol. The van der Waals surface area contributed by atoms with Crippen LogP contribution in [0, 0.1) is 0 Å². The Labute approximate surface area is 97.2 Å². The lowest BCUT2D eigenvalue weighted by Crippen LogP contribution is -2.00. The SMILES string of the molecule is CCn1oc(=O)c2cccc(CCC(=O)O)c21. The van der Waals surface area contributed by atoms with Crippen molar-refractivity contribution in [3.05, 3.63) is 34.2 Å². The average molecular weight is 235 g/mol. The summed E-state index contributed by atoms with van der Waals surface area (Å²) in [6.07, 6.45) is 0.438. The van der Waals surface area contributed by atoms with Gasteiger partial charge in [-0.05, 0) is 25.0 Å². The molecule has 1 aromatic carbocycles. The molecule has 0 unspecified atom stereocenters. The monoisotopic (exact) mass is 235 g/mol. The molecule has 90 valence electrons. The molecular formula is C12H13NO4. The topological polar surface area (TPSA) is 72.4 Å². The first-order valence-corrected chi connectivity index (χ1v) is 5.47. The minimum Gasteiger partial charge on any atom is -0.481 e. The number of aliphatic carboxylic acids is 1. The van der Waals surface area contributed by atoms with E-state index in [1.807, 2.05) is 13.0 Å². The maximum atomic E-state index is 11.5. The third kappa shape index (κ3) is 2.08. The Morgan fingerprint density at radius 2 is 2.24 bits per heavy atom. The highest BCUT2D eigenvalue weighted by Gasteiger charge is 2.12. The third-order valence-corrected chi connectivity index (χ3v) is 2.68. The second kappa shape index (κ2) is 4.45. The Balaban J connectivity index is 2.55. The number of carboxylic acids is 1. The number of benzene rings is 1. The van der Waals surface area contributed by atoms with Gasteiger partial charge in [0.25, 0.3) is 0 Å². The van der Waals surface area contributed by atoms with E-state index >= 15 is 0 Å². The summed E-state index contributed by atoms with van der Waals surface area (Å²) < 4.78 is 6.58. The second-order valence-electron chi connectivity index (χ2n) is 3.78. The Bertz CT molecular complexity index is 608. The smallest absolute Gasteiger partial charge is 0.365 e. The molecule has 17 heavy (non-hydrogen) atoms. The molecule has 2 rings (SSSR count). The third-order valence-electron chi connectivity index (χ3n) is 2.68. The van der Waals surface area contributed by atoms with Crippen molar-refractivity contribution in [1.29, 1.82) is 0 Å². The molecule has 5 heteroatoms. The summed E-state index contributed by atoms with van der Waals surface area (Å²) in [5.74, 6) is -0.851. The lowest BCUT2D eigenvalue weighted by atomic mass is 10.1. The summed E-state index contributed by atoms with van der Waals surface area (Å²) in [6, 6.07) is 5.26. The van der Waals surface area contributed by atoms with Crippen LogP contribution in [0.2, 0.25) is 0 Å². The summed E-state index contributed by atoms with van der Waals surface area (Å²) in [5, 5.41) is 9.20. The minimum atomic E-state index is -0.851. The normalized spacial score (nSPS) is 10.9. The average Bonchev–Trinajstić information content (AvgIpc) is 2.64. The number of carbonyl (C=O) groups is 1. The number of para-hydroxylation sites is 1. The zero-order chi connectivity index (χ0) is 12.4. The van der Waals surface area contributed by atoms with Crippen LogP contribution < -0.4 is 5.63 Å². The van der Waals surface area contributed by atoms with E-state index in [2.05, 4.69) is 0 Å². The van der Waals surface area contributed by atoms with Crippen molar-refractivity contribution in [2.45, 2.75) is 26.3 Å². The lowest BCUT2D eigenvalue weighted by molar-refractivity contribution is -0.136. The highest BCUT2D eigenvalue weighted by atomic mass is 16.5. The first-order chi connectivity index (χ1) is 8.13. The van der Waals surface area contributed by atoms with Crippen molar-refractivity contribution in [2.24, 2.45) is 0 Å². The van der Waals surface area contributed by atoms with Crippen LogP contribution >= 0.6 is 0 Å². The molecule has 5 nitrogen and oxygen atoms in total. The fourth-order valence-electron chi connectivity index (χ4n) is 1.91. The van der Waals surface area contributed by atoms with Crippen molar-refractivity contribution >= 4 is 16.9 Å². The molecule has 0 amide bonds. The lowest BCUT2D eigenvalue weighted by Gasteiger charge is -2.03. The van der Waals surface area contributed by atoms with Crippen LogP contribution in [0.4, 0.5) is 0 Å². The Morgan fingerprint density at radius 3 is 2.88 bits per heavy atom. The van der Waals surface area contributed by atoms with Crippen molar-refractivity contribution in [2.75, 3.05) is 0 Å². The minimum absolute atomic E-state index is 0.0438. The van der Waals surface area contributed by atoms with E-state index < -0.39 is 5.97 Å². The molecule has 1 heterocycles. The van der Waals surface area contributed by atoms with Crippen LogP contribution in [0.25, 0.3) is 10.9 Å². The van der Waals surface area contributed by atoms with Gasteiger partial charge < -0.3 is 9.63 Å². The number of nitrogens with zero attached hydrogens (tertiary/aromatic N) is 1. The standard InChI is InChI=1S/C12H13NO4/c1-2-13-11-8(6-7-10(14)15)4-3-5-9(11)12(16)17-13/h3-5H,2,6-7H2,1H3,(H,14,15). The van der Waals surface area contributed by atoms with Gasteiger partial charge in [0.05, 0.1) is 17.4 Å². The van der Waals surface area contributed by atoms with Gasteiger partial charge in [0.15, 0.2) is 0 Å². The van der Waals surface area contributed by atoms with Gasteiger partial charge in [-0.1, -0.05) is 12.1 Å². The number of aryl methyl sites for hydroxylation is 2. The molecule has 2 aromatic rings. The van der Waals surface area contributed by atoms with E-state index in [0.717, 1.165) is 5.56 Å². The van der Waals surface area contributed by atoms with Crippen LogP contribution in [0.1, 0.15) is 18.9 Å². The zero-order valence-corrected chi connectivity index (χ0v) is 9.47. The summed E-state index contributed by atoms with van der Waals surface area (Å²) in [5.41, 5.74) is 1.16. The van der Waals surface area contributed by atoms with E-state index in [1.165, 1.54) is 4.74 Å². The molecule has 0 fully saturated rings. The summed E-state index contributed by atoms with van der Waals surface area (Å²) in [6.45, 7) is 2.42.